The molecule has 0 unspecified atom stereocenters. The van der Waals surface area contributed by atoms with E-state index in [1.165, 1.54) is 0 Å². The van der Waals surface area contributed by atoms with Gasteiger partial charge in [-0.05, 0) is 25.2 Å². The molecule has 1 aliphatic carbocycles. The molecule has 16 heavy (non-hydrogen) atoms. The van der Waals surface area contributed by atoms with Crippen molar-refractivity contribution >= 4 is 5.91 Å². The standard InChI is InChI=1S/C12H22N2O2/c1-9(2)12(16)7-14(8-12)10(15)6-11(13)4-3-5-11/h9,16H,3-8,13H2,1-2H3. The van der Waals surface area contributed by atoms with Gasteiger partial charge in [0.1, 0.15) is 5.60 Å². The monoisotopic (exact) mass is 226 g/mol. The largest absolute Gasteiger partial charge is 0.386 e. The van der Waals surface area contributed by atoms with Gasteiger partial charge in [-0.3, -0.25) is 4.79 Å². The maximum Gasteiger partial charge on any atom is 0.224 e. The number of hydrogen-bond acceptors (Lipinski definition) is 3. The molecule has 1 saturated heterocycles. The number of nitrogens with zero attached hydrogens (tertiary/aromatic N) is 1. The first kappa shape index (κ1) is 11.9. The quantitative estimate of drug-likeness (QED) is 0.736. The Morgan fingerprint density at radius 3 is 2.38 bits per heavy atom. The molecular weight excluding hydrogens is 204 g/mol. The number of rotatable bonds is 3. The maximum atomic E-state index is 11.9. The van der Waals surface area contributed by atoms with E-state index in [0.717, 1.165) is 19.3 Å². The maximum absolute atomic E-state index is 11.9. The third kappa shape index (κ3) is 1.96. The van der Waals surface area contributed by atoms with Crippen molar-refractivity contribution in [3.8, 4) is 0 Å². The van der Waals surface area contributed by atoms with E-state index >= 15 is 0 Å². The van der Waals surface area contributed by atoms with Crippen LogP contribution in [0.25, 0.3) is 0 Å². The van der Waals surface area contributed by atoms with Gasteiger partial charge in [-0.2, -0.15) is 0 Å². The van der Waals surface area contributed by atoms with Crippen molar-refractivity contribution in [2.24, 2.45) is 11.7 Å². The zero-order chi connectivity index (χ0) is 12.0. The first-order valence-corrected chi connectivity index (χ1v) is 6.14. The second kappa shape index (κ2) is 3.70. The Labute approximate surface area is 96.8 Å². The molecule has 2 fully saturated rings. The molecular formula is C12H22N2O2. The number of hydrogen-bond donors (Lipinski definition) is 2. The summed E-state index contributed by atoms with van der Waals surface area (Å²) in [6.07, 6.45) is 3.50. The van der Waals surface area contributed by atoms with Gasteiger partial charge in [0.05, 0.1) is 13.1 Å². The fourth-order valence-corrected chi connectivity index (χ4v) is 2.38. The summed E-state index contributed by atoms with van der Waals surface area (Å²) in [5, 5.41) is 10.1. The molecule has 3 N–H and O–H groups in total. The zero-order valence-corrected chi connectivity index (χ0v) is 10.2. The highest BCUT2D eigenvalue weighted by atomic mass is 16.3. The minimum atomic E-state index is -0.670. The molecule has 0 aromatic heterocycles. The lowest BCUT2D eigenvalue weighted by molar-refractivity contribution is -0.165. The second-order valence-electron chi connectivity index (χ2n) is 5.90. The van der Waals surface area contributed by atoms with Crippen LogP contribution in [0, 0.1) is 5.92 Å². The fourth-order valence-electron chi connectivity index (χ4n) is 2.38. The molecule has 0 atom stereocenters. The number of likely N-dealkylation sites (tertiary alicyclic amines) is 1. The summed E-state index contributed by atoms with van der Waals surface area (Å²) in [5.41, 5.74) is 5.12. The van der Waals surface area contributed by atoms with Crippen molar-refractivity contribution in [3.05, 3.63) is 0 Å². The molecule has 1 heterocycles. The Bertz CT molecular complexity index is 291. The Kier molecular flexibility index (Phi) is 2.75. The van der Waals surface area contributed by atoms with Crippen LogP contribution in [0.2, 0.25) is 0 Å². The third-order valence-electron chi connectivity index (χ3n) is 4.21. The van der Waals surface area contributed by atoms with Crippen LogP contribution >= 0.6 is 0 Å². The highest BCUT2D eigenvalue weighted by Crippen LogP contribution is 2.35. The minimum Gasteiger partial charge on any atom is -0.386 e. The van der Waals surface area contributed by atoms with Gasteiger partial charge in [0.15, 0.2) is 0 Å². The van der Waals surface area contributed by atoms with E-state index in [-0.39, 0.29) is 17.4 Å². The van der Waals surface area contributed by atoms with Gasteiger partial charge in [0.25, 0.3) is 0 Å². The molecule has 0 aromatic carbocycles. The summed E-state index contributed by atoms with van der Waals surface area (Å²) in [6, 6.07) is 0. The smallest absolute Gasteiger partial charge is 0.224 e. The highest BCUT2D eigenvalue weighted by Gasteiger charge is 2.47. The van der Waals surface area contributed by atoms with Gasteiger partial charge in [0.2, 0.25) is 5.91 Å². The lowest BCUT2D eigenvalue weighted by Gasteiger charge is -2.50. The number of β-amino-alcohol motifs (C(OH)–C–C–N with tert-alkyl or cyclic N) is 1. The Hall–Kier alpha value is -0.610. The van der Waals surface area contributed by atoms with Gasteiger partial charge < -0.3 is 15.7 Å². The Morgan fingerprint density at radius 2 is 2.00 bits per heavy atom. The van der Waals surface area contributed by atoms with Crippen LogP contribution in [0.4, 0.5) is 0 Å². The van der Waals surface area contributed by atoms with Crippen molar-refractivity contribution in [1.82, 2.24) is 4.90 Å². The first-order chi connectivity index (χ1) is 7.35. The van der Waals surface area contributed by atoms with E-state index in [1.807, 2.05) is 13.8 Å². The van der Waals surface area contributed by atoms with Crippen LogP contribution in [0.3, 0.4) is 0 Å². The Morgan fingerprint density at radius 1 is 1.44 bits per heavy atom. The molecule has 0 aromatic rings. The molecule has 1 amide bonds. The van der Waals surface area contributed by atoms with Gasteiger partial charge in [-0.25, -0.2) is 0 Å². The SMILES string of the molecule is CC(C)C1(O)CN(C(=O)CC2(N)CCC2)C1. The number of amides is 1. The Balaban J connectivity index is 1.81. The van der Waals surface area contributed by atoms with Crippen LogP contribution in [-0.4, -0.2) is 40.1 Å². The zero-order valence-electron chi connectivity index (χ0n) is 10.2. The summed E-state index contributed by atoms with van der Waals surface area (Å²) in [6.45, 7) is 4.91. The van der Waals surface area contributed by atoms with Crippen molar-refractivity contribution in [2.45, 2.75) is 50.7 Å². The number of carbonyl (C=O) groups is 1. The van der Waals surface area contributed by atoms with Crippen LogP contribution in [-0.2, 0) is 4.79 Å². The van der Waals surface area contributed by atoms with Crippen molar-refractivity contribution in [2.75, 3.05) is 13.1 Å². The van der Waals surface area contributed by atoms with E-state index in [1.54, 1.807) is 4.90 Å². The average molecular weight is 226 g/mol. The summed E-state index contributed by atoms with van der Waals surface area (Å²) in [4.78, 5) is 13.6. The van der Waals surface area contributed by atoms with Crippen LogP contribution in [0.1, 0.15) is 39.5 Å². The summed E-state index contributed by atoms with van der Waals surface area (Å²) in [5.74, 6) is 0.305. The molecule has 2 aliphatic rings. The molecule has 0 spiro atoms. The topological polar surface area (TPSA) is 66.6 Å². The molecule has 4 nitrogen and oxygen atoms in total. The highest BCUT2D eigenvalue weighted by molar-refractivity contribution is 5.78. The minimum absolute atomic E-state index is 0.104. The predicted octanol–water partition coefficient (Wildman–Crippen LogP) is 0.487. The molecule has 1 saturated carbocycles. The normalized spacial score (nSPS) is 26.2. The number of aliphatic hydroxyl groups is 1. The summed E-state index contributed by atoms with van der Waals surface area (Å²) in [7, 11) is 0. The molecule has 1 aliphatic heterocycles. The van der Waals surface area contributed by atoms with E-state index in [4.69, 9.17) is 5.73 Å². The van der Waals surface area contributed by atoms with Crippen LogP contribution < -0.4 is 5.73 Å². The van der Waals surface area contributed by atoms with E-state index in [2.05, 4.69) is 0 Å². The molecule has 2 rings (SSSR count). The van der Waals surface area contributed by atoms with E-state index in [9.17, 15) is 9.90 Å². The summed E-state index contributed by atoms with van der Waals surface area (Å²) < 4.78 is 0. The second-order valence-corrected chi connectivity index (χ2v) is 5.90. The van der Waals surface area contributed by atoms with Crippen molar-refractivity contribution < 1.29 is 9.90 Å². The van der Waals surface area contributed by atoms with E-state index in [0.29, 0.717) is 19.5 Å². The molecule has 0 radical (unpaired) electrons. The van der Waals surface area contributed by atoms with Gasteiger partial charge >= 0.3 is 0 Å². The lowest BCUT2D eigenvalue weighted by atomic mass is 9.74. The molecule has 4 heteroatoms. The first-order valence-electron chi connectivity index (χ1n) is 6.14. The van der Waals surface area contributed by atoms with Gasteiger partial charge in [0, 0.05) is 12.0 Å². The third-order valence-corrected chi connectivity index (χ3v) is 4.21. The molecule has 92 valence electrons. The number of carbonyl (C=O) groups excluding carboxylic acids is 1. The van der Waals surface area contributed by atoms with Crippen molar-refractivity contribution in [3.63, 3.8) is 0 Å². The van der Waals surface area contributed by atoms with E-state index < -0.39 is 5.60 Å². The number of nitrogens with two attached hydrogens (primary N) is 1. The lowest BCUT2D eigenvalue weighted by Crippen LogP contribution is -2.67. The van der Waals surface area contributed by atoms with Crippen molar-refractivity contribution in [1.29, 1.82) is 0 Å². The fraction of sp³-hybridized carbons (Fsp3) is 0.917. The predicted molar refractivity (Wildman–Crippen MR) is 61.8 cm³/mol. The average Bonchev–Trinajstić information content (AvgIpc) is 2.09. The van der Waals surface area contributed by atoms with Crippen LogP contribution in [0.15, 0.2) is 0 Å². The molecule has 0 bridgehead atoms. The van der Waals surface area contributed by atoms with Crippen LogP contribution in [0.5, 0.6) is 0 Å². The summed E-state index contributed by atoms with van der Waals surface area (Å²) >= 11 is 0. The van der Waals surface area contributed by atoms with Gasteiger partial charge in [-0.15, -0.1) is 0 Å². The van der Waals surface area contributed by atoms with Gasteiger partial charge in [-0.1, -0.05) is 13.8 Å².